The zero-order chi connectivity index (χ0) is 14.5. The van der Waals surface area contributed by atoms with Gasteiger partial charge in [-0.2, -0.15) is 0 Å². The molecule has 2 aromatic heterocycles. The molecule has 0 spiro atoms. The summed E-state index contributed by atoms with van der Waals surface area (Å²) in [5.41, 5.74) is 2.16. The van der Waals surface area contributed by atoms with Crippen molar-refractivity contribution in [3.63, 3.8) is 0 Å². The smallest absolute Gasteiger partial charge is 0.267 e. The van der Waals surface area contributed by atoms with Crippen LogP contribution in [0.15, 0.2) is 17.6 Å². The number of aromatic amines is 1. The van der Waals surface area contributed by atoms with E-state index in [1.165, 1.54) is 7.11 Å². The highest BCUT2D eigenvalue weighted by Gasteiger charge is 2.12. The molecule has 1 unspecified atom stereocenters. The quantitative estimate of drug-likeness (QED) is 0.747. The number of aromatic nitrogens is 2. The molecule has 2 heterocycles. The molecule has 0 aliphatic heterocycles. The third-order valence-electron chi connectivity index (χ3n) is 2.70. The second kappa shape index (κ2) is 6.65. The van der Waals surface area contributed by atoms with Crippen LogP contribution in [0.2, 0.25) is 0 Å². The van der Waals surface area contributed by atoms with Crippen molar-refractivity contribution in [3.05, 3.63) is 28.3 Å². The van der Waals surface area contributed by atoms with E-state index >= 15 is 0 Å². The Hall–Kier alpha value is -1.70. The van der Waals surface area contributed by atoms with Crippen LogP contribution in [0.25, 0.3) is 11.3 Å². The molecule has 0 aliphatic rings. The number of methoxy groups -OCH3 is 1. The van der Waals surface area contributed by atoms with Gasteiger partial charge in [0.2, 0.25) is 0 Å². The van der Waals surface area contributed by atoms with Crippen LogP contribution in [0.1, 0.15) is 15.5 Å². The zero-order valence-electron chi connectivity index (χ0n) is 11.3. The number of hydrogen-bond donors (Lipinski definition) is 3. The van der Waals surface area contributed by atoms with Crippen molar-refractivity contribution in [2.75, 3.05) is 20.3 Å². The highest BCUT2D eigenvalue weighted by molar-refractivity contribution is 7.09. The van der Waals surface area contributed by atoms with Gasteiger partial charge in [-0.25, -0.2) is 4.98 Å². The monoisotopic (exact) mass is 295 g/mol. The number of nitrogens with zero attached hydrogens (tertiary/aromatic N) is 1. The van der Waals surface area contributed by atoms with E-state index in [0.717, 1.165) is 16.3 Å². The van der Waals surface area contributed by atoms with Crippen LogP contribution >= 0.6 is 11.3 Å². The third-order valence-corrected chi connectivity index (χ3v) is 3.47. The summed E-state index contributed by atoms with van der Waals surface area (Å²) in [5.74, 6) is -0.265. The van der Waals surface area contributed by atoms with Crippen LogP contribution < -0.4 is 5.32 Å². The number of nitrogens with one attached hydrogen (secondary N) is 2. The number of aliphatic hydroxyl groups is 1. The Morgan fingerprint density at radius 3 is 3.10 bits per heavy atom. The molecule has 3 N–H and O–H groups in total. The van der Waals surface area contributed by atoms with Crippen molar-refractivity contribution in [2.45, 2.75) is 13.0 Å². The van der Waals surface area contributed by atoms with Gasteiger partial charge in [0, 0.05) is 30.8 Å². The van der Waals surface area contributed by atoms with E-state index in [1.54, 1.807) is 23.6 Å². The Morgan fingerprint density at radius 1 is 1.65 bits per heavy atom. The predicted molar refractivity (Wildman–Crippen MR) is 76.9 cm³/mol. The fourth-order valence-corrected chi connectivity index (χ4v) is 2.35. The van der Waals surface area contributed by atoms with Crippen LogP contribution in [0.3, 0.4) is 0 Å². The van der Waals surface area contributed by atoms with Gasteiger partial charge >= 0.3 is 0 Å². The van der Waals surface area contributed by atoms with E-state index in [2.05, 4.69) is 15.3 Å². The Labute approximate surface area is 120 Å². The number of aryl methyl sites for hydroxylation is 1. The van der Waals surface area contributed by atoms with Crippen molar-refractivity contribution in [1.29, 1.82) is 0 Å². The van der Waals surface area contributed by atoms with Crippen LogP contribution in [-0.2, 0) is 4.74 Å². The number of H-pyrrole nitrogens is 1. The third kappa shape index (κ3) is 3.66. The molecule has 0 fully saturated rings. The largest absolute Gasteiger partial charge is 0.389 e. The molecule has 1 atom stereocenters. The molecule has 0 radical (unpaired) electrons. The van der Waals surface area contributed by atoms with Gasteiger partial charge in [0.15, 0.2) is 0 Å². The molecule has 0 saturated heterocycles. The van der Waals surface area contributed by atoms with Crippen molar-refractivity contribution in [3.8, 4) is 11.3 Å². The molecule has 0 bridgehead atoms. The molecule has 0 aromatic carbocycles. The number of thiazole rings is 1. The van der Waals surface area contributed by atoms with E-state index < -0.39 is 6.10 Å². The second-order valence-electron chi connectivity index (χ2n) is 4.37. The first-order valence-electron chi connectivity index (χ1n) is 6.16. The first-order valence-corrected chi connectivity index (χ1v) is 7.04. The standard InChI is InChI=1S/C13H17N3O3S/c1-8-16-12(7-20-8)9-3-11(14-4-9)13(18)15-5-10(17)6-19-2/h3-4,7,10,14,17H,5-6H2,1-2H3,(H,15,18). The summed E-state index contributed by atoms with van der Waals surface area (Å²) in [6.07, 6.45) is 1.04. The molecule has 0 aliphatic carbocycles. The van der Waals surface area contributed by atoms with Crippen molar-refractivity contribution >= 4 is 17.2 Å². The normalized spacial score (nSPS) is 12.3. The molecule has 0 saturated carbocycles. The maximum Gasteiger partial charge on any atom is 0.267 e. The summed E-state index contributed by atoms with van der Waals surface area (Å²) in [6.45, 7) is 2.27. The first-order chi connectivity index (χ1) is 9.60. The van der Waals surface area contributed by atoms with Crippen molar-refractivity contribution in [1.82, 2.24) is 15.3 Å². The number of ether oxygens (including phenoxy) is 1. The molecule has 6 nitrogen and oxygen atoms in total. The number of rotatable bonds is 6. The number of hydrogen-bond acceptors (Lipinski definition) is 5. The van der Waals surface area contributed by atoms with E-state index in [9.17, 15) is 9.90 Å². The van der Waals surface area contributed by atoms with Gasteiger partial charge in [-0.3, -0.25) is 4.79 Å². The molecular weight excluding hydrogens is 278 g/mol. The first kappa shape index (κ1) is 14.7. The lowest BCUT2D eigenvalue weighted by molar-refractivity contribution is 0.0609. The Balaban J connectivity index is 1.96. The zero-order valence-corrected chi connectivity index (χ0v) is 12.2. The maximum absolute atomic E-state index is 11.9. The van der Waals surface area contributed by atoms with Gasteiger partial charge in [0.1, 0.15) is 5.69 Å². The summed E-state index contributed by atoms with van der Waals surface area (Å²) in [4.78, 5) is 19.2. The number of carbonyl (C=O) groups is 1. The minimum atomic E-state index is -0.709. The average Bonchev–Trinajstić information content (AvgIpc) is 3.04. The van der Waals surface area contributed by atoms with Gasteiger partial charge in [-0.15, -0.1) is 11.3 Å². The van der Waals surface area contributed by atoms with Crippen LogP contribution in [0.5, 0.6) is 0 Å². The van der Waals surface area contributed by atoms with Crippen molar-refractivity contribution < 1.29 is 14.6 Å². The Kier molecular flexibility index (Phi) is 4.89. The molecular formula is C13H17N3O3S. The summed E-state index contributed by atoms with van der Waals surface area (Å²) in [7, 11) is 1.50. The van der Waals surface area contributed by atoms with Gasteiger partial charge in [0.25, 0.3) is 5.91 Å². The summed E-state index contributed by atoms with van der Waals surface area (Å²) in [5, 5.41) is 15.0. The lowest BCUT2D eigenvalue weighted by Gasteiger charge is -2.09. The molecule has 20 heavy (non-hydrogen) atoms. The fraction of sp³-hybridized carbons (Fsp3) is 0.385. The SMILES string of the molecule is COCC(O)CNC(=O)c1cc(-c2csc(C)n2)c[nH]1. The molecule has 1 amide bonds. The highest BCUT2D eigenvalue weighted by atomic mass is 32.1. The average molecular weight is 295 g/mol. The number of aliphatic hydroxyl groups excluding tert-OH is 1. The summed E-state index contributed by atoms with van der Waals surface area (Å²) in [6, 6.07) is 1.74. The summed E-state index contributed by atoms with van der Waals surface area (Å²) >= 11 is 1.56. The molecule has 2 aromatic rings. The predicted octanol–water partition coefficient (Wildman–Crippen LogP) is 1.18. The minimum Gasteiger partial charge on any atom is -0.389 e. The van der Waals surface area contributed by atoms with Crippen LogP contribution in [0.4, 0.5) is 0 Å². The van der Waals surface area contributed by atoms with Gasteiger partial charge in [-0.1, -0.05) is 0 Å². The topological polar surface area (TPSA) is 87.2 Å². The van der Waals surface area contributed by atoms with Crippen LogP contribution in [0, 0.1) is 6.92 Å². The molecule has 7 heteroatoms. The summed E-state index contributed by atoms with van der Waals surface area (Å²) < 4.78 is 4.79. The van der Waals surface area contributed by atoms with E-state index in [4.69, 9.17) is 4.74 Å². The lowest BCUT2D eigenvalue weighted by Crippen LogP contribution is -2.34. The van der Waals surface area contributed by atoms with Gasteiger partial charge in [-0.05, 0) is 13.0 Å². The maximum atomic E-state index is 11.9. The van der Waals surface area contributed by atoms with Gasteiger partial charge in [0.05, 0.1) is 23.4 Å². The number of carbonyl (C=O) groups excluding carboxylic acids is 1. The fourth-order valence-electron chi connectivity index (χ4n) is 1.73. The van der Waals surface area contributed by atoms with Crippen LogP contribution in [-0.4, -0.2) is 47.3 Å². The Morgan fingerprint density at radius 2 is 2.45 bits per heavy atom. The minimum absolute atomic E-state index is 0.150. The van der Waals surface area contributed by atoms with E-state index in [0.29, 0.717) is 5.69 Å². The Bertz CT molecular complexity index is 579. The van der Waals surface area contributed by atoms with Crippen molar-refractivity contribution in [2.24, 2.45) is 0 Å². The van der Waals surface area contributed by atoms with E-state index in [-0.39, 0.29) is 19.1 Å². The molecule has 2 rings (SSSR count). The highest BCUT2D eigenvalue weighted by Crippen LogP contribution is 2.22. The second-order valence-corrected chi connectivity index (χ2v) is 5.44. The molecule has 108 valence electrons. The van der Waals surface area contributed by atoms with Gasteiger partial charge < -0.3 is 20.1 Å². The van der Waals surface area contributed by atoms with E-state index in [1.807, 2.05) is 12.3 Å². The number of amides is 1. The lowest BCUT2D eigenvalue weighted by atomic mass is 10.2.